The largest absolute Gasteiger partial charge is 0.310 e. The van der Waals surface area contributed by atoms with Gasteiger partial charge in [-0.05, 0) is 176 Å². The minimum atomic E-state index is -0.0882. The Kier molecular flexibility index (Phi) is 10.3. The van der Waals surface area contributed by atoms with Gasteiger partial charge in [0.2, 0.25) is 0 Å². The Morgan fingerprint density at radius 1 is 0.243 bits per heavy atom. The van der Waals surface area contributed by atoms with E-state index in [1.807, 2.05) is 0 Å². The fourth-order valence-corrected chi connectivity index (χ4v) is 11.7. The van der Waals surface area contributed by atoms with Gasteiger partial charge in [-0.1, -0.05) is 185 Å². The summed E-state index contributed by atoms with van der Waals surface area (Å²) < 4.78 is 0. The number of hydrogen-bond donors (Lipinski definition) is 0. The molecule has 0 atom stereocenters. The van der Waals surface area contributed by atoms with E-state index in [2.05, 4.69) is 282 Å². The smallest absolute Gasteiger partial charge is 0.0467 e. The van der Waals surface area contributed by atoms with Gasteiger partial charge in [0, 0.05) is 45.0 Å². The van der Waals surface area contributed by atoms with Gasteiger partial charge in [0.15, 0.2) is 0 Å². The average molecular weight is 901 g/mol. The summed E-state index contributed by atoms with van der Waals surface area (Å²) in [6.07, 6.45) is 0. The molecule has 2 heteroatoms. The number of nitrogens with zero attached hydrogens (tertiary/aromatic N) is 2. The molecule has 2 nitrogen and oxygen atoms in total. The maximum absolute atomic E-state index is 2.41. The summed E-state index contributed by atoms with van der Waals surface area (Å²) in [4.78, 5) is 4.80. The average Bonchev–Trinajstić information content (AvgIpc) is 3.76. The van der Waals surface area contributed by atoms with Crippen LogP contribution in [0.1, 0.15) is 61.1 Å². The summed E-state index contributed by atoms with van der Waals surface area (Å²) in [5, 5.41) is 0. The van der Waals surface area contributed by atoms with Gasteiger partial charge in [-0.2, -0.15) is 0 Å². The molecule has 0 N–H and O–H groups in total. The first kappa shape index (κ1) is 43.1. The molecule has 2 aliphatic carbocycles. The van der Waals surface area contributed by atoms with Crippen molar-refractivity contribution in [3.05, 3.63) is 264 Å². The van der Waals surface area contributed by atoms with Crippen LogP contribution in [0.3, 0.4) is 0 Å². The summed E-state index contributed by atoms with van der Waals surface area (Å²) in [6.45, 7) is 13.9. The number of benzene rings is 10. The standard InChI is InChI=1S/C68H56N2/c1-45-39-47(31-35-57(45)49-19-17-25-53(41-49)69(51-21-9-7-10-22-51)55-33-37-61-59-27-13-15-29-63(59)67(3,4)65(61)43-55)48-32-36-58(46(2)40-48)50-20-18-26-54(42-50)70(52-23-11-8-12-24-52)56-34-38-62-60-28-14-16-30-64(60)68(5,6)66(62)44-56/h7-44H,1-6H3. The second-order valence-corrected chi connectivity index (χ2v) is 20.3. The topological polar surface area (TPSA) is 6.48 Å². The lowest BCUT2D eigenvalue weighted by Gasteiger charge is -2.28. The molecule has 70 heavy (non-hydrogen) atoms. The molecule has 10 aromatic rings. The van der Waals surface area contributed by atoms with E-state index in [1.54, 1.807) is 0 Å². The number of anilines is 6. The molecule has 10 aromatic carbocycles. The first-order valence-electron chi connectivity index (χ1n) is 24.7. The third-order valence-corrected chi connectivity index (χ3v) is 15.3. The van der Waals surface area contributed by atoms with Crippen LogP contribution in [-0.4, -0.2) is 0 Å². The van der Waals surface area contributed by atoms with Crippen molar-refractivity contribution in [3.8, 4) is 55.6 Å². The van der Waals surface area contributed by atoms with Crippen LogP contribution >= 0.6 is 0 Å². The first-order chi connectivity index (χ1) is 34.0. The van der Waals surface area contributed by atoms with Gasteiger partial charge < -0.3 is 9.80 Å². The maximum Gasteiger partial charge on any atom is 0.0467 e. The quantitative estimate of drug-likeness (QED) is 0.142. The van der Waals surface area contributed by atoms with Gasteiger partial charge in [-0.25, -0.2) is 0 Å². The Labute approximate surface area is 413 Å². The summed E-state index contributed by atoms with van der Waals surface area (Å²) in [5.41, 5.74) is 27.3. The fourth-order valence-electron chi connectivity index (χ4n) is 11.7. The number of aryl methyl sites for hydroxylation is 2. The molecule has 12 rings (SSSR count). The molecule has 0 saturated carbocycles. The van der Waals surface area contributed by atoms with Crippen molar-refractivity contribution in [2.75, 3.05) is 9.80 Å². The zero-order valence-corrected chi connectivity index (χ0v) is 40.8. The first-order valence-corrected chi connectivity index (χ1v) is 24.7. The zero-order valence-electron chi connectivity index (χ0n) is 40.8. The lowest BCUT2D eigenvalue weighted by Crippen LogP contribution is -2.16. The molecule has 338 valence electrons. The summed E-state index contributed by atoms with van der Waals surface area (Å²) in [5.74, 6) is 0. The molecule has 0 fully saturated rings. The lowest BCUT2D eigenvalue weighted by molar-refractivity contribution is 0.660. The second-order valence-electron chi connectivity index (χ2n) is 20.3. The Morgan fingerprint density at radius 3 is 1.00 bits per heavy atom. The van der Waals surface area contributed by atoms with Crippen LogP contribution in [-0.2, 0) is 10.8 Å². The zero-order chi connectivity index (χ0) is 47.7. The molecule has 0 bridgehead atoms. The molecular weight excluding hydrogens is 845 g/mol. The Morgan fingerprint density at radius 2 is 0.586 bits per heavy atom. The van der Waals surface area contributed by atoms with Crippen molar-refractivity contribution < 1.29 is 0 Å². The van der Waals surface area contributed by atoms with E-state index in [4.69, 9.17) is 0 Å². The van der Waals surface area contributed by atoms with Crippen molar-refractivity contribution in [2.24, 2.45) is 0 Å². The third kappa shape index (κ3) is 7.17. The molecule has 0 heterocycles. The van der Waals surface area contributed by atoms with Gasteiger partial charge in [0.1, 0.15) is 0 Å². The SMILES string of the molecule is Cc1cc(-c2ccc(-c3cccc(N(c4ccccc4)c4ccc5c(c4)C(C)(C)c4ccccc4-5)c3)c(C)c2)ccc1-c1cccc(N(c2ccccc2)c2ccc3c(c2)C(C)(C)c2ccccc2-3)c1. The minimum Gasteiger partial charge on any atom is -0.310 e. The van der Waals surface area contributed by atoms with Crippen LogP contribution in [0.2, 0.25) is 0 Å². The van der Waals surface area contributed by atoms with Crippen molar-refractivity contribution in [1.82, 2.24) is 0 Å². The number of para-hydroxylation sites is 2. The highest BCUT2D eigenvalue weighted by molar-refractivity contribution is 5.89. The second kappa shape index (κ2) is 16.8. The van der Waals surface area contributed by atoms with E-state index in [0.717, 1.165) is 34.1 Å². The summed E-state index contributed by atoms with van der Waals surface area (Å²) >= 11 is 0. The molecule has 2 aliphatic rings. The van der Waals surface area contributed by atoms with Gasteiger partial charge in [-0.15, -0.1) is 0 Å². The van der Waals surface area contributed by atoms with Crippen molar-refractivity contribution in [1.29, 1.82) is 0 Å². The Hall–Kier alpha value is -8.20. The predicted molar refractivity (Wildman–Crippen MR) is 297 cm³/mol. The van der Waals surface area contributed by atoms with Crippen LogP contribution in [0.15, 0.2) is 231 Å². The predicted octanol–water partition coefficient (Wildman–Crippen LogP) is 18.9. The molecule has 0 aromatic heterocycles. The minimum absolute atomic E-state index is 0.0882. The van der Waals surface area contributed by atoms with Crippen molar-refractivity contribution >= 4 is 34.1 Å². The fraction of sp³-hybridized carbons (Fsp3) is 0.118. The summed E-state index contributed by atoms with van der Waals surface area (Å²) in [6, 6.07) is 85.2. The molecule has 0 aliphatic heterocycles. The molecular formula is C68H56N2. The highest BCUT2D eigenvalue weighted by Gasteiger charge is 2.37. The van der Waals surface area contributed by atoms with E-state index in [0.29, 0.717) is 0 Å². The van der Waals surface area contributed by atoms with Gasteiger partial charge >= 0.3 is 0 Å². The highest BCUT2D eigenvalue weighted by Crippen LogP contribution is 2.52. The molecule has 0 unspecified atom stereocenters. The highest BCUT2D eigenvalue weighted by atomic mass is 15.1. The number of fused-ring (bicyclic) bond motifs is 6. The Balaban J connectivity index is 0.845. The van der Waals surface area contributed by atoms with Gasteiger partial charge in [-0.3, -0.25) is 0 Å². The number of rotatable bonds is 9. The van der Waals surface area contributed by atoms with E-state index >= 15 is 0 Å². The lowest BCUT2D eigenvalue weighted by atomic mass is 9.82. The maximum atomic E-state index is 2.41. The normalized spacial score (nSPS) is 13.5. The van der Waals surface area contributed by atoms with Crippen LogP contribution in [0, 0.1) is 13.8 Å². The van der Waals surface area contributed by atoms with Crippen LogP contribution in [0.5, 0.6) is 0 Å². The van der Waals surface area contributed by atoms with Crippen molar-refractivity contribution in [3.63, 3.8) is 0 Å². The van der Waals surface area contributed by atoms with E-state index < -0.39 is 0 Å². The Bertz CT molecular complexity index is 3390. The molecule has 0 radical (unpaired) electrons. The van der Waals surface area contributed by atoms with Crippen molar-refractivity contribution in [2.45, 2.75) is 52.4 Å². The van der Waals surface area contributed by atoms with E-state index in [1.165, 1.54) is 89.0 Å². The molecule has 0 spiro atoms. The van der Waals surface area contributed by atoms with Gasteiger partial charge in [0.25, 0.3) is 0 Å². The van der Waals surface area contributed by atoms with E-state index in [9.17, 15) is 0 Å². The summed E-state index contributed by atoms with van der Waals surface area (Å²) in [7, 11) is 0. The van der Waals surface area contributed by atoms with Crippen LogP contribution < -0.4 is 9.80 Å². The van der Waals surface area contributed by atoms with Crippen LogP contribution in [0.4, 0.5) is 34.1 Å². The molecule has 0 amide bonds. The van der Waals surface area contributed by atoms with Crippen LogP contribution in [0.25, 0.3) is 55.6 Å². The number of hydrogen-bond acceptors (Lipinski definition) is 2. The molecule has 0 saturated heterocycles. The third-order valence-electron chi connectivity index (χ3n) is 15.3. The van der Waals surface area contributed by atoms with E-state index in [-0.39, 0.29) is 10.8 Å². The monoisotopic (exact) mass is 900 g/mol. The van der Waals surface area contributed by atoms with Gasteiger partial charge in [0.05, 0.1) is 0 Å².